The minimum atomic E-state index is -2.17. The van der Waals surface area contributed by atoms with Crippen molar-refractivity contribution in [1.82, 2.24) is 0 Å². The van der Waals surface area contributed by atoms with Crippen molar-refractivity contribution in [2.45, 2.75) is 0 Å². The molecular weight excluding hydrogens is 138 g/mol. The Balaban J connectivity index is -0.0000000150. The summed E-state index contributed by atoms with van der Waals surface area (Å²) < 4.78 is 0. The molecule has 0 heterocycles. The zero-order chi connectivity index (χ0) is 3.58. The van der Waals surface area contributed by atoms with Gasteiger partial charge in [-0.05, 0) is 0 Å². The van der Waals surface area contributed by atoms with Crippen molar-refractivity contribution in [3.63, 3.8) is 0 Å². The molecule has 0 bridgehead atoms. The maximum atomic E-state index is 7.17. The van der Waals surface area contributed by atoms with E-state index < -0.39 is 7.32 Å². The van der Waals surface area contributed by atoms with E-state index in [2.05, 4.69) is 0 Å². The van der Waals surface area contributed by atoms with Gasteiger partial charge in [-0.25, -0.2) is 0 Å². The van der Waals surface area contributed by atoms with E-state index in [0.717, 1.165) is 0 Å². The van der Waals surface area contributed by atoms with Gasteiger partial charge < -0.3 is 20.5 Å². The van der Waals surface area contributed by atoms with Gasteiger partial charge in [-0.3, -0.25) is 0 Å². The summed E-state index contributed by atoms with van der Waals surface area (Å²) in [4.78, 5) is 0. The molecule has 38 valence electrons. The van der Waals surface area contributed by atoms with Crippen molar-refractivity contribution >= 4 is 74.6 Å². The molecule has 0 atom stereocenters. The fourth-order valence-corrected chi connectivity index (χ4v) is 0. The first-order valence-corrected chi connectivity index (χ1v) is 0.775. The van der Waals surface area contributed by atoms with Gasteiger partial charge in [0, 0.05) is 0 Å². The third kappa shape index (κ3) is 66.2. The van der Waals surface area contributed by atoms with E-state index in [1.54, 1.807) is 0 Å². The van der Waals surface area contributed by atoms with E-state index in [1.807, 2.05) is 0 Å². The molecule has 7 heavy (non-hydrogen) atoms. The van der Waals surface area contributed by atoms with E-state index in [-0.39, 0.29) is 72.8 Å². The van der Waals surface area contributed by atoms with E-state index in [1.165, 1.54) is 0 Å². The van der Waals surface area contributed by atoms with Crippen molar-refractivity contribution in [2.24, 2.45) is 0 Å². The molecule has 0 radical (unpaired) electrons. The van der Waals surface area contributed by atoms with Crippen LogP contribution in [0, 0.1) is 0 Å². The molecule has 0 aromatic heterocycles. The average Bonchev–Trinajstić information content (AvgIpc) is 0.811. The molecule has 0 aromatic rings. The summed E-state index contributed by atoms with van der Waals surface area (Å²) in [6.45, 7) is 0. The predicted octanol–water partition coefficient (Wildman–Crippen LogP) is -4.44. The Bertz CT molecular complexity index is 16.4. The number of hydrogen-bond acceptors (Lipinski definition) is 3. The van der Waals surface area contributed by atoms with Crippen LogP contribution in [0.2, 0.25) is 0 Å². The van der Waals surface area contributed by atoms with Gasteiger partial charge in [-0.2, -0.15) is 0 Å². The van der Waals surface area contributed by atoms with Crippen LogP contribution in [-0.2, 0) is 0 Å². The summed E-state index contributed by atoms with van der Waals surface area (Å²) in [6, 6.07) is 0. The van der Waals surface area contributed by atoms with Crippen molar-refractivity contribution in [2.75, 3.05) is 0 Å². The molecule has 0 aromatic carbocycles. The first-order valence-electron chi connectivity index (χ1n) is 0.775. The van der Waals surface area contributed by atoms with Gasteiger partial charge in [-0.1, -0.05) is 0 Å². The molecule has 0 spiro atoms. The Morgan fingerprint density at radius 3 is 1.00 bits per heavy atom. The topological polar surface area (TPSA) is 92.2 Å². The van der Waals surface area contributed by atoms with E-state index >= 15 is 0 Å². The van der Waals surface area contributed by atoms with Crippen LogP contribution in [0.25, 0.3) is 0 Å². The van der Waals surface area contributed by atoms with Gasteiger partial charge in [0.15, 0.2) is 0 Å². The third-order valence-electron chi connectivity index (χ3n) is 0. The average molecular weight is 146 g/mol. The molecule has 5 N–H and O–H groups in total. The molecule has 0 fully saturated rings. The molecule has 0 unspecified atom stereocenters. The first-order chi connectivity index (χ1) is 1.73. The SMILES string of the molecule is O.OB(O)O.[CaH2].[NaH]. The normalized spacial score (nSPS) is 3.86. The van der Waals surface area contributed by atoms with Crippen molar-refractivity contribution in [3.05, 3.63) is 0 Å². The number of hydrogen-bond donors (Lipinski definition) is 3. The van der Waals surface area contributed by atoms with Crippen LogP contribution in [0.15, 0.2) is 0 Å². The van der Waals surface area contributed by atoms with Crippen LogP contribution in [0.5, 0.6) is 0 Å². The molecule has 4 nitrogen and oxygen atoms in total. The molecule has 0 rings (SSSR count). The van der Waals surface area contributed by atoms with E-state index in [0.29, 0.717) is 0 Å². The second kappa shape index (κ2) is 15.7. The van der Waals surface area contributed by atoms with Gasteiger partial charge in [0.2, 0.25) is 0 Å². The molecule has 0 aliphatic rings. The summed E-state index contributed by atoms with van der Waals surface area (Å²) in [5, 5.41) is 21.5. The van der Waals surface area contributed by atoms with Gasteiger partial charge >= 0.3 is 74.6 Å². The van der Waals surface area contributed by atoms with Gasteiger partial charge in [-0.15, -0.1) is 0 Å². The van der Waals surface area contributed by atoms with E-state index in [9.17, 15) is 0 Å². The molecule has 0 saturated carbocycles. The zero-order valence-electron chi connectivity index (χ0n) is 2.42. The Morgan fingerprint density at radius 1 is 1.00 bits per heavy atom. The fourth-order valence-electron chi connectivity index (χ4n) is 0. The monoisotopic (exact) mass is 146 g/mol. The maximum absolute atomic E-state index is 7.17. The Hall–Kier alpha value is 2.16. The molecule has 0 saturated heterocycles. The standard InChI is InChI=1S/BH3O3.Ca.Na.H2O.3H/c2-1(3)4;;;;;;/h2-4H;;;1H2;;;. The second-order valence-electron chi connectivity index (χ2n) is 0.346. The number of rotatable bonds is 0. The van der Waals surface area contributed by atoms with E-state index in [4.69, 9.17) is 15.1 Å². The summed E-state index contributed by atoms with van der Waals surface area (Å²) in [6.07, 6.45) is 0. The summed E-state index contributed by atoms with van der Waals surface area (Å²) in [5.41, 5.74) is 0. The predicted molar refractivity (Wildman–Crippen MR) is 31.7 cm³/mol. The second-order valence-corrected chi connectivity index (χ2v) is 0.346. The minimum absolute atomic E-state index is 0. The summed E-state index contributed by atoms with van der Waals surface area (Å²) in [7, 11) is -2.17. The fraction of sp³-hybridized carbons (Fsp3) is 0. The van der Waals surface area contributed by atoms with Crippen molar-refractivity contribution < 1.29 is 20.5 Å². The first kappa shape index (κ1) is 22.9. The molecule has 7 heteroatoms. The quantitative estimate of drug-likeness (QED) is 0.301. The summed E-state index contributed by atoms with van der Waals surface area (Å²) >= 11 is 0. The van der Waals surface area contributed by atoms with Crippen LogP contribution in [0.4, 0.5) is 0 Å². The van der Waals surface area contributed by atoms with Crippen LogP contribution in [0.1, 0.15) is 0 Å². The van der Waals surface area contributed by atoms with Gasteiger partial charge in [0.25, 0.3) is 0 Å². The van der Waals surface area contributed by atoms with Crippen molar-refractivity contribution in [1.29, 1.82) is 0 Å². The van der Waals surface area contributed by atoms with Crippen LogP contribution in [0.3, 0.4) is 0 Å². The van der Waals surface area contributed by atoms with Crippen LogP contribution < -0.4 is 0 Å². The van der Waals surface area contributed by atoms with Gasteiger partial charge in [0.05, 0.1) is 0 Å². The van der Waals surface area contributed by atoms with Crippen LogP contribution in [-0.4, -0.2) is 95.2 Å². The molecule has 0 aliphatic heterocycles. The Morgan fingerprint density at radius 2 is 1.00 bits per heavy atom. The third-order valence-corrected chi connectivity index (χ3v) is 0. The van der Waals surface area contributed by atoms with Gasteiger partial charge in [0.1, 0.15) is 0 Å². The molecule has 0 aliphatic carbocycles. The molecular formula is H8BCaNaO4. The molecule has 0 amide bonds. The Labute approximate surface area is 93.7 Å². The zero-order valence-corrected chi connectivity index (χ0v) is 2.42. The Kier molecular flexibility index (Phi) is 51.4. The van der Waals surface area contributed by atoms with Crippen molar-refractivity contribution in [3.8, 4) is 0 Å². The van der Waals surface area contributed by atoms with Crippen LogP contribution >= 0.6 is 0 Å². The summed E-state index contributed by atoms with van der Waals surface area (Å²) in [5.74, 6) is 0.